The van der Waals surface area contributed by atoms with Gasteiger partial charge in [0.2, 0.25) is 0 Å². The highest BCUT2D eigenvalue weighted by Crippen LogP contribution is 2.30. The van der Waals surface area contributed by atoms with Crippen molar-refractivity contribution in [2.75, 3.05) is 11.9 Å². The molecule has 1 atom stereocenters. The van der Waals surface area contributed by atoms with E-state index >= 15 is 0 Å². The number of aryl methyl sites for hydroxylation is 1. The van der Waals surface area contributed by atoms with Crippen LogP contribution in [0, 0.1) is 5.41 Å². The lowest BCUT2D eigenvalue weighted by molar-refractivity contribution is 0.328. The summed E-state index contributed by atoms with van der Waals surface area (Å²) < 4.78 is 0. The lowest BCUT2D eigenvalue weighted by Crippen LogP contribution is -2.41. The molecule has 0 aliphatic heterocycles. The monoisotopic (exact) mass is 308 g/mol. The lowest BCUT2D eigenvalue weighted by atomic mass is 9.87. The molecule has 0 amide bonds. The smallest absolute Gasteiger partial charge is 0.161 e. The first kappa shape index (κ1) is 17.8. The fraction of sp³-hybridized carbons (Fsp3) is 0.688. The second kappa shape index (κ2) is 6.69. The van der Waals surface area contributed by atoms with Gasteiger partial charge in [0, 0.05) is 13.1 Å². The largest absolute Gasteiger partial charge is 0.389 e. The van der Waals surface area contributed by atoms with Crippen molar-refractivity contribution in [1.82, 2.24) is 10.2 Å². The second-order valence-corrected chi connectivity index (χ2v) is 6.99. The van der Waals surface area contributed by atoms with Crippen LogP contribution in [0.2, 0.25) is 0 Å². The molecule has 0 saturated heterocycles. The molecule has 2 N–H and O–H groups in total. The van der Waals surface area contributed by atoms with E-state index < -0.39 is 0 Å². The SMILES string of the molecule is CCc1nnc(N(C)C(C)C(C)(C)C)c(C(N)=S)c1CC. The van der Waals surface area contributed by atoms with Gasteiger partial charge in [0.15, 0.2) is 5.82 Å². The molecule has 0 fully saturated rings. The van der Waals surface area contributed by atoms with Crippen LogP contribution in [0.25, 0.3) is 0 Å². The quantitative estimate of drug-likeness (QED) is 0.847. The summed E-state index contributed by atoms with van der Waals surface area (Å²) in [6.07, 6.45) is 1.70. The molecule has 0 bridgehead atoms. The summed E-state index contributed by atoms with van der Waals surface area (Å²) in [5.41, 5.74) is 9.12. The molecular formula is C16H28N4S. The van der Waals surface area contributed by atoms with Crippen LogP contribution in [0.15, 0.2) is 0 Å². The van der Waals surface area contributed by atoms with Gasteiger partial charge >= 0.3 is 0 Å². The third-order valence-electron chi connectivity index (χ3n) is 4.24. The van der Waals surface area contributed by atoms with Crippen LogP contribution < -0.4 is 10.6 Å². The van der Waals surface area contributed by atoms with Gasteiger partial charge in [-0.1, -0.05) is 46.8 Å². The van der Waals surface area contributed by atoms with Crippen molar-refractivity contribution in [3.63, 3.8) is 0 Å². The lowest BCUT2D eigenvalue weighted by Gasteiger charge is -2.37. The molecular weight excluding hydrogens is 280 g/mol. The van der Waals surface area contributed by atoms with Gasteiger partial charge in [0.25, 0.3) is 0 Å². The van der Waals surface area contributed by atoms with Gasteiger partial charge in [0.1, 0.15) is 4.99 Å². The highest BCUT2D eigenvalue weighted by Gasteiger charge is 2.28. The van der Waals surface area contributed by atoms with Crippen molar-refractivity contribution in [2.45, 2.75) is 60.4 Å². The third-order valence-corrected chi connectivity index (χ3v) is 4.45. The third kappa shape index (κ3) is 3.70. The van der Waals surface area contributed by atoms with Gasteiger partial charge < -0.3 is 10.6 Å². The van der Waals surface area contributed by atoms with E-state index in [0.717, 1.165) is 35.5 Å². The molecule has 4 nitrogen and oxygen atoms in total. The molecule has 0 aliphatic rings. The van der Waals surface area contributed by atoms with Crippen LogP contribution in [-0.4, -0.2) is 28.3 Å². The fourth-order valence-corrected chi connectivity index (χ4v) is 2.65. The second-order valence-electron chi connectivity index (χ2n) is 6.55. The summed E-state index contributed by atoms with van der Waals surface area (Å²) in [4.78, 5) is 2.54. The van der Waals surface area contributed by atoms with Crippen molar-refractivity contribution in [1.29, 1.82) is 0 Å². The number of thiocarbonyl (C=S) groups is 1. The van der Waals surface area contributed by atoms with E-state index in [1.54, 1.807) is 0 Å². The Morgan fingerprint density at radius 1 is 1.24 bits per heavy atom. The predicted octanol–water partition coefficient (Wildman–Crippen LogP) is 3.11. The molecule has 1 aromatic rings. The molecule has 0 aromatic carbocycles. The molecule has 1 unspecified atom stereocenters. The summed E-state index contributed by atoms with van der Waals surface area (Å²) in [7, 11) is 2.03. The summed E-state index contributed by atoms with van der Waals surface area (Å²) in [5.74, 6) is 0.791. The minimum Gasteiger partial charge on any atom is -0.389 e. The van der Waals surface area contributed by atoms with E-state index in [9.17, 15) is 0 Å². The first-order chi connectivity index (χ1) is 9.65. The van der Waals surface area contributed by atoms with E-state index in [1.807, 2.05) is 7.05 Å². The summed E-state index contributed by atoms with van der Waals surface area (Å²) in [6, 6.07) is 0.289. The summed E-state index contributed by atoms with van der Waals surface area (Å²) in [5, 5.41) is 8.81. The molecule has 0 saturated carbocycles. The van der Waals surface area contributed by atoms with E-state index in [4.69, 9.17) is 18.0 Å². The molecule has 0 radical (unpaired) electrons. The molecule has 1 aromatic heterocycles. The zero-order valence-corrected chi connectivity index (χ0v) is 15.1. The van der Waals surface area contributed by atoms with Crippen LogP contribution in [0.1, 0.15) is 58.4 Å². The first-order valence-electron chi connectivity index (χ1n) is 7.56. The number of hydrogen-bond acceptors (Lipinski definition) is 4. The maximum atomic E-state index is 6.00. The van der Waals surface area contributed by atoms with Crippen LogP contribution in [0.3, 0.4) is 0 Å². The van der Waals surface area contributed by atoms with Crippen LogP contribution in [0.5, 0.6) is 0 Å². The summed E-state index contributed by atoms with van der Waals surface area (Å²) in [6.45, 7) is 13.0. The van der Waals surface area contributed by atoms with Gasteiger partial charge in [-0.25, -0.2) is 0 Å². The van der Waals surface area contributed by atoms with Crippen molar-refractivity contribution in [3.05, 3.63) is 16.8 Å². The Hall–Kier alpha value is -1.23. The number of hydrogen-bond donors (Lipinski definition) is 1. The van der Waals surface area contributed by atoms with Crippen molar-refractivity contribution in [3.8, 4) is 0 Å². The Labute approximate surface area is 134 Å². The van der Waals surface area contributed by atoms with Crippen molar-refractivity contribution >= 4 is 23.0 Å². The number of rotatable bonds is 5. The van der Waals surface area contributed by atoms with Gasteiger partial charge in [0.05, 0.1) is 11.3 Å². The number of anilines is 1. The van der Waals surface area contributed by atoms with Gasteiger partial charge in [-0.2, -0.15) is 5.10 Å². The number of aromatic nitrogens is 2. The summed E-state index contributed by atoms with van der Waals surface area (Å²) >= 11 is 5.29. The Balaban J connectivity index is 3.46. The molecule has 0 aliphatic carbocycles. The van der Waals surface area contributed by atoms with Crippen molar-refractivity contribution < 1.29 is 0 Å². The number of nitrogens with zero attached hydrogens (tertiary/aromatic N) is 3. The normalized spacial score (nSPS) is 13.1. The minimum atomic E-state index is 0.125. The molecule has 1 heterocycles. The van der Waals surface area contributed by atoms with E-state index in [0.29, 0.717) is 4.99 Å². The topological polar surface area (TPSA) is 55.0 Å². The highest BCUT2D eigenvalue weighted by atomic mass is 32.1. The maximum absolute atomic E-state index is 6.00. The standard InChI is InChI=1S/C16H28N4S/c1-8-11-12(9-2)18-19-15(13(11)14(17)21)20(7)10(3)16(4,5)6/h10H,8-9H2,1-7H3,(H2,17,21). The van der Waals surface area contributed by atoms with Crippen molar-refractivity contribution in [2.24, 2.45) is 11.1 Å². The Kier molecular flexibility index (Phi) is 5.68. The zero-order valence-electron chi connectivity index (χ0n) is 14.3. The van der Waals surface area contributed by atoms with Crippen LogP contribution in [-0.2, 0) is 12.8 Å². The first-order valence-corrected chi connectivity index (χ1v) is 7.96. The van der Waals surface area contributed by atoms with Gasteiger partial charge in [-0.3, -0.25) is 0 Å². The van der Waals surface area contributed by atoms with Crippen LogP contribution in [0.4, 0.5) is 5.82 Å². The minimum absolute atomic E-state index is 0.125. The fourth-order valence-electron chi connectivity index (χ4n) is 2.43. The average molecular weight is 308 g/mol. The highest BCUT2D eigenvalue weighted by molar-refractivity contribution is 7.80. The van der Waals surface area contributed by atoms with Crippen LogP contribution >= 0.6 is 12.2 Å². The van der Waals surface area contributed by atoms with E-state index in [2.05, 4.69) is 56.6 Å². The molecule has 1 rings (SSSR count). The Bertz CT molecular complexity index is 520. The van der Waals surface area contributed by atoms with E-state index in [-0.39, 0.29) is 11.5 Å². The maximum Gasteiger partial charge on any atom is 0.161 e. The predicted molar refractivity (Wildman–Crippen MR) is 94.0 cm³/mol. The van der Waals surface area contributed by atoms with E-state index in [1.165, 1.54) is 0 Å². The Morgan fingerprint density at radius 3 is 2.19 bits per heavy atom. The Morgan fingerprint density at radius 2 is 1.81 bits per heavy atom. The number of nitrogens with two attached hydrogens (primary N) is 1. The van der Waals surface area contributed by atoms with Gasteiger partial charge in [-0.15, -0.1) is 5.10 Å². The molecule has 0 spiro atoms. The molecule has 21 heavy (non-hydrogen) atoms. The average Bonchev–Trinajstić information content (AvgIpc) is 2.42. The molecule has 5 heteroatoms. The van der Waals surface area contributed by atoms with Gasteiger partial charge in [-0.05, 0) is 30.7 Å². The molecule has 118 valence electrons. The zero-order chi connectivity index (χ0) is 16.4.